The largest absolute Gasteiger partial charge is 0.496 e. The van der Waals surface area contributed by atoms with Gasteiger partial charge in [0, 0.05) is 5.56 Å². The molecule has 1 rings (SSSR count). The van der Waals surface area contributed by atoms with Crippen LogP contribution in [0.25, 0.3) is 0 Å². The molecular weight excluding hydrogens is 272 g/mol. The first kappa shape index (κ1) is 17.0. The summed E-state index contributed by atoms with van der Waals surface area (Å²) in [5.74, 6) is 0.423. The van der Waals surface area contributed by atoms with E-state index in [0.717, 1.165) is 21.8 Å². The lowest BCUT2D eigenvalue weighted by Gasteiger charge is -2.21. The zero-order valence-electron chi connectivity index (χ0n) is 13.1. The molecule has 2 atom stereocenters. The van der Waals surface area contributed by atoms with Crippen LogP contribution in [0.5, 0.6) is 5.75 Å². The van der Waals surface area contributed by atoms with Gasteiger partial charge in [-0.15, -0.1) is 0 Å². The fourth-order valence-electron chi connectivity index (χ4n) is 1.98. The van der Waals surface area contributed by atoms with Gasteiger partial charge in [0.1, 0.15) is 12.3 Å². The molecule has 1 aromatic rings. The maximum absolute atomic E-state index is 11.9. The topological polar surface area (TPSA) is 69.1 Å². The maximum atomic E-state index is 11.9. The zero-order chi connectivity index (χ0) is 16.0. The maximum Gasteiger partial charge on any atom is 0.413 e. The SMILES string of the molecule is COC(=O)NC(=O)[C@@H](C)[NH+](C)Cc1cc(C)ccc1OC. The minimum atomic E-state index is -0.743. The molecule has 2 amide bonds. The van der Waals surface area contributed by atoms with E-state index in [9.17, 15) is 9.59 Å². The number of ether oxygens (including phenoxy) is 2. The number of carbonyl (C=O) groups is 2. The number of methoxy groups -OCH3 is 2. The Morgan fingerprint density at radius 1 is 1.33 bits per heavy atom. The Bertz CT molecular complexity index is 516. The normalized spacial score (nSPS) is 13.2. The summed E-state index contributed by atoms with van der Waals surface area (Å²) in [7, 11) is 4.74. The Morgan fingerprint density at radius 3 is 2.57 bits per heavy atom. The van der Waals surface area contributed by atoms with Gasteiger partial charge in [-0.1, -0.05) is 11.6 Å². The smallest absolute Gasteiger partial charge is 0.413 e. The quantitative estimate of drug-likeness (QED) is 0.819. The van der Waals surface area contributed by atoms with Crippen LogP contribution in [0.1, 0.15) is 18.1 Å². The third-order valence-corrected chi connectivity index (χ3v) is 3.45. The fraction of sp³-hybridized carbons (Fsp3) is 0.467. The number of aryl methyl sites for hydroxylation is 1. The van der Waals surface area contributed by atoms with E-state index in [1.807, 2.05) is 32.2 Å². The van der Waals surface area contributed by atoms with Crippen LogP contribution in [0.3, 0.4) is 0 Å². The average Bonchev–Trinajstić information content (AvgIpc) is 2.46. The van der Waals surface area contributed by atoms with Gasteiger partial charge in [-0.3, -0.25) is 10.1 Å². The van der Waals surface area contributed by atoms with E-state index in [4.69, 9.17) is 4.74 Å². The lowest BCUT2D eigenvalue weighted by molar-refractivity contribution is -0.908. The number of hydrogen-bond acceptors (Lipinski definition) is 4. The molecule has 0 aliphatic carbocycles. The molecule has 0 aromatic heterocycles. The Hall–Kier alpha value is -2.08. The first-order chi connectivity index (χ1) is 9.88. The number of imide groups is 1. The fourth-order valence-corrected chi connectivity index (χ4v) is 1.98. The molecule has 6 heteroatoms. The molecular formula is C15H23N2O4+. The molecule has 0 bridgehead atoms. The standard InChI is InChI=1S/C15H22N2O4/c1-10-6-7-13(20-4)12(8-10)9-17(3)11(2)14(18)16-15(19)21-5/h6-8,11H,9H2,1-5H3,(H,16,18,19)/p+1/t11-/m1/s1. The second-order valence-electron chi connectivity index (χ2n) is 5.04. The van der Waals surface area contributed by atoms with E-state index in [2.05, 4.69) is 10.1 Å². The number of benzene rings is 1. The third kappa shape index (κ3) is 4.75. The lowest BCUT2D eigenvalue weighted by Crippen LogP contribution is -3.12. The van der Waals surface area contributed by atoms with Gasteiger partial charge < -0.3 is 14.4 Å². The van der Waals surface area contributed by atoms with Crippen molar-refractivity contribution >= 4 is 12.0 Å². The molecule has 2 N–H and O–H groups in total. The van der Waals surface area contributed by atoms with Crippen molar-refractivity contribution in [3.63, 3.8) is 0 Å². The Labute approximate surface area is 125 Å². The first-order valence-corrected chi connectivity index (χ1v) is 6.73. The van der Waals surface area contributed by atoms with Gasteiger partial charge in [-0.05, 0) is 26.0 Å². The highest BCUT2D eigenvalue weighted by Gasteiger charge is 2.24. The van der Waals surface area contributed by atoms with E-state index in [0.29, 0.717) is 6.54 Å². The lowest BCUT2D eigenvalue weighted by atomic mass is 10.1. The predicted octanol–water partition coefficient (Wildman–Crippen LogP) is 0.289. The minimum Gasteiger partial charge on any atom is -0.496 e. The summed E-state index contributed by atoms with van der Waals surface area (Å²) in [6, 6.07) is 5.53. The number of rotatable bonds is 5. The molecule has 0 fully saturated rings. The summed E-state index contributed by atoms with van der Waals surface area (Å²) >= 11 is 0. The molecule has 21 heavy (non-hydrogen) atoms. The van der Waals surface area contributed by atoms with Crippen LogP contribution in [0.2, 0.25) is 0 Å². The van der Waals surface area contributed by atoms with Crippen LogP contribution >= 0.6 is 0 Å². The molecule has 0 saturated heterocycles. The molecule has 0 saturated carbocycles. The molecule has 0 aliphatic heterocycles. The molecule has 0 spiro atoms. The molecule has 1 aromatic carbocycles. The summed E-state index contributed by atoms with van der Waals surface area (Å²) in [6.07, 6.45) is -0.743. The Kier molecular flexibility index (Phi) is 6.17. The second-order valence-corrected chi connectivity index (χ2v) is 5.04. The zero-order valence-corrected chi connectivity index (χ0v) is 13.1. The number of alkyl carbamates (subject to hydrolysis) is 1. The summed E-state index contributed by atoms with van der Waals surface area (Å²) < 4.78 is 9.76. The first-order valence-electron chi connectivity index (χ1n) is 6.73. The van der Waals surface area contributed by atoms with Crippen molar-refractivity contribution in [3.8, 4) is 5.75 Å². The second kappa shape index (κ2) is 7.64. The number of carbonyl (C=O) groups excluding carboxylic acids is 2. The van der Waals surface area contributed by atoms with Gasteiger partial charge in [0.2, 0.25) is 0 Å². The average molecular weight is 295 g/mol. The van der Waals surface area contributed by atoms with E-state index < -0.39 is 12.1 Å². The highest BCUT2D eigenvalue weighted by atomic mass is 16.5. The van der Waals surface area contributed by atoms with Crippen LogP contribution in [-0.4, -0.2) is 39.3 Å². The summed E-state index contributed by atoms with van der Waals surface area (Å²) in [5, 5.41) is 2.18. The van der Waals surface area contributed by atoms with Crippen molar-refractivity contribution in [2.75, 3.05) is 21.3 Å². The summed E-state index contributed by atoms with van der Waals surface area (Å²) in [6.45, 7) is 4.38. The number of likely N-dealkylation sites (N-methyl/N-ethyl adjacent to an activating group) is 1. The third-order valence-electron chi connectivity index (χ3n) is 3.45. The van der Waals surface area contributed by atoms with Crippen LogP contribution in [0, 0.1) is 6.92 Å². The van der Waals surface area contributed by atoms with Gasteiger partial charge in [-0.25, -0.2) is 4.79 Å². The predicted molar refractivity (Wildman–Crippen MR) is 78.3 cm³/mol. The van der Waals surface area contributed by atoms with Gasteiger partial charge in [0.15, 0.2) is 6.04 Å². The number of nitrogens with one attached hydrogen (secondary N) is 2. The van der Waals surface area contributed by atoms with Crippen molar-refractivity contribution in [1.82, 2.24) is 5.32 Å². The summed E-state index contributed by atoms with van der Waals surface area (Å²) in [4.78, 5) is 23.9. The summed E-state index contributed by atoms with van der Waals surface area (Å²) in [5.41, 5.74) is 2.15. The molecule has 6 nitrogen and oxygen atoms in total. The van der Waals surface area contributed by atoms with Crippen molar-refractivity contribution < 1.29 is 24.0 Å². The highest BCUT2D eigenvalue weighted by Crippen LogP contribution is 2.18. The van der Waals surface area contributed by atoms with Crippen molar-refractivity contribution in [3.05, 3.63) is 29.3 Å². The molecule has 1 unspecified atom stereocenters. The van der Waals surface area contributed by atoms with Gasteiger partial charge in [0.05, 0.1) is 21.3 Å². The van der Waals surface area contributed by atoms with Crippen LogP contribution < -0.4 is 15.0 Å². The van der Waals surface area contributed by atoms with E-state index in [1.165, 1.54) is 7.11 Å². The molecule has 116 valence electrons. The molecule has 0 heterocycles. The Balaban J connectivity index is 2.76. The molecule has 0 radical (unpaired) electrons. The van der Waals surface area contributed by atoms with E-state index in [-0.39, 0.29) is 5.91 Å². The highest BCUT2D eigenvalue weighted by molar-refractivity contribution is 5.93. The van der Waals surface area contributed by atoms with Crippen LogP contribution in [0.4, 0.5) is 4.79 Å². The van der Waals surface area contributed by atoms with Crippen molar-refractivity contribution in [2.24, 2.45) is 0 Å². The minimum absolute atomic E-state index is 0.369. The molecule has 0 aliphatic rings. The van der Waals surface area contributed by atoms with Crippen LogP contribution in [0.15, 0.2) is 18.2 Å². The van der Waals surface area contributed by atoms with E-state index >= 15 is 0 Å². The van der Waals surface area contributed by atoms with Crippen molar-refractivity contribution in [2.45, 2.75) is 26.4 Å². The number of hydrogen-bond donors (Lipinski definition) is 2. The monoisotopic (exact) mass is 295 g/mol. The number of amides is 2. The Morgan fingerprint density at radius 2 is 2.00 bits per heavy atom. The van der Waals surface area contributed by atoms with Gasteiger partial charge in [-0.2, -0.15) is 0 Å². The van der Waals surface area contributed by atoms with Gasteiger partial charge in [0.25, 0.3) is 5.91 Å². The van der Waals surface area contributed by atoms with E-state index in [1.54, 1.807) is 14.0 Å². The van der Waals surface area contributed by atoms with Gasteiger partial charge >= 0.3 is 6.09 Å². The number of quaternary nitrogens is 1. The van der Waals surface area contributed by atoms with Crippen LogP contribution in [-0.2, 0) is 16.1 Å². The van der Waals surface area contributed by atoms with Crippen molar-refractivity contribution in [1.29, 1.82) is 0 Å².